The lowest BCUT2D eigenvalue weighted by atomic mass is 9.89. The maximum Gasteiger partial charge on any atom is 0.307 e. The predicted octanol–water partition coefficient (Wildman–Crippen LogP) is -0.804. The van der Waals surface area contributed by atoms with Crippen LogP contribution in [-0.4, -0.2) is 64.5 Å². The van der Waals surface area contributed by atoms with Gasteiger partial charge in [0.05, 0.1) is 27.6 Å². The molecule has 94 valence electrons. The number of carbonyl (C=O) groups is 2. The van der Waals surface area contributed by atoms with Crippen LogP contribution in [0.2, 0.25) is 0 Å². The number of carboxylic acids is 1. The molecule has 0 aliphatic heterocycles. The Labute approximate surface area is 94.7 Å². The molecule has 3 N–H and O–H groups in total. The molecular weight excluding hydrogens is 214 g/mol. The number of nitrogens with zero attached hydrogens (tertiary/aromatic N) is 1. The van der Waals surface area contributed by atoms with Gasteiger partial charge in [0, 0.05) is 6.42 Å². The first-order valence-electron chi connectivity index (χ1n) is 5.02. The number of carboxylic acid groups (broad SMARTS) is 1. The molecule has 2 atom stereocenters. The molecule has 0 saturated heterocycles. The number of likely N-dealkylation sites (N-methyl/N-ethyl adjacent to an activating group) is 1. The minimum Gasteiger partial charge on any atom is -0.481 e. The molecule has 16 heavy (non-hydrogen) atoms. The van der Waals surface area contributed by atoms with Crippen molar-refractivity contribution < 1.29 is 29.4 Å². The number of hydrogen-bond donors (Lipinski definition) is 3. The summed E-state index contributed by atoms with van der Waals surface area (Å²) in [4.78, 5) is 22.2. The number of Topliss-reactive ketones (excluding diaryl/α,β-unsaturated/α-hetero) is 1. The number of ketones is 1. The molecule has 0 amide bonds. The van der Waals surface area contributed by atoms with Gasteiger partial charge in [0.1, 0.15) is 0 Å². The minimum absolute atomic E-state index is 0.0269. The summed E-state index contributed by atoms with van der Waals surface area (Å²) in [7, 11) is 4.71. The molecule has 0 aliphatic rings. The lowest BCUT2D eigenvalue weighted by Crippen LogP contribution is -2.63. The third-order valence-corrected chi connectivity index (χ3v) is 2.39. The fraction of sp³-hybridized carbons (Fsp3) is 0.800. The highest BCUT2D eigenvalue weighted by Crippen LogP contribution is 2.23. The summed E-state index contributed by atoms with van der Waals surface area (Å²) in [6.07, 6.45) is -2.30. The third-order valence-electron chi connectivity index (χ3n) is 2.39. The van der Waals surface area contributed by atoms with Gasteiger partial charge < -0.3 is 19.8 Å². The number of aliphatic hydroxyl groups excluding tert-OH is 1. The highest BCUT2D eigenvalue weighted by Gasteiger charge is 2.50. The highest BCUT2D eigenvalue weighted by molar-refractivity contribution is 5.91. The SMILES string of the molecule is CCC(=O)C(O)(CC(=O)O)C(O)[N+](C)(C)C. The van der Waals surface area contributed by atoms with Gasteiger partial charge in [-0.2, -0.15) is 0 Å². The molecule has 0 spiro atoms. The van der Waals surface area contributed by atoms with Crippen molar-refractivity contribution in [3.8, 4) is 0 Å². The molecule has 0 aromatic heterocycles. The monoisotopic (exact) mass is 234 g/mol. The summed E-state index contributed by atoms with van der Waals surface area (Å²) in [6.45, 7) is 1.51. The van der Waals surface area contributed by atoms with E-state index in [0.29, 0.717) is 0 Å². The summed E-state index contributed by atoms with van der Waals surface area (Å²) in [5.41, 5.74) is -2.24. The molecule has 0 rings (SSSR count). The smallest absolute Gasteiger partial charge is 0.307 e. The number of hydrogen-bond acceptors (Lipinski definition) is 4. The largest absolute Gasteiger partial charge is 0.481 e. The summed E-state index contributed by atoms with van der Waals surface area (Å²) < 4.78 is -0.116. The number of quaternary nitrogens is 1. The van der Waals surface area contributed by atoms with E-state index in [1.54, 1.807) is 21.1 Å². The van der Waals surface area contributed by atoms with Crippen molar-refractivity contribution in [2.24, 2.45) is 0 Å². The van der Waals surface area contributed by atoms with Crippen molar-refractivity contribution in [3.63, 3.8) is 0 Å². The van der Waals surface area contributed by atoms with Crippen molar-refractivity contribution in [2.75, 3.05) is 21.1 Å². The Morgan fingerprint density at radius 3 is 2.00 bits per heavy atom. The fourth-order valence-electron chi connectivity index (χ4n) is 1.51. The van der Waals surface area contributed by atoms with E-state index < -0.39 is 30.0 Å². The second kappa shape index (κ2) is 4.90. The van der Waals surface area contributed by atoms with E-state index >= 15 is 0 Å². The average Bonchev–Trinajstić information content (AvgIpc) is 2.12. The molecule has 6 nitrogen and oxygen atoms in total. The first-order chi connectivity index (χ1) is 7.05. The molecule has 0 aromatic carbocycles. The van der Waals surface area contributed by atoms with Gasteiger partial charge in [-0.05, 0) is 0 Å². The Morgan fingerprint density at radius 2 is 1.75 bits per heavy atom. The fourth-order valence-corrected chi connectivity index (χ4v) is 1.51. The van der Waals surface area contributed by atoms with E-state index in [0.717, 1.165) is 0 Å². The molecule has 0 saturated carbocycles. The van der Waals surface area contributed by atoms with Crippen molar-refractivity contribution in [1.29, 1.82) is 0 Å². The quantitative estimate of drug-likeness (QED) is 0.413. The van der Waals surface area contributed by atoms with E-state index in [1.807, 2.05) is 0 Å². The first kappa shape index (κ1) is 15.0. The van der Waals surface area contributed by atoms with E-state index in [9.17, 15) is 19.8 Å². The average molecular weight is 234 g/mol. The summed E-state index contributed by atoms with van der Waals surface area (Å²) in [5, 5.41) is 28.6. The van der Waals surface area contributed by atoms with E-state index in [4.69, 9.17) is 5.11 Å². The zero-order chi connectivity index (χ0) is 13.1. The number of aliphatic hydroxyl groups is 2. The van der Waals surface area contributed by atoms with Gasteiger partial charge in [-0.25, -0.2) is 0 Å². The lowest BCUT2D eigenvalue weighted by molar-refractivity contribution is -0.925. The Morgan fingerprint density at radius 1 is 1.31 bits per heavy atom. The van der Waals surface area contributed by atoms with Gasteiger partial charge >= 0.3 is 5.97 Å². The summed E-state index contributed by atoms with van der Waals surface area (Å²) in [5.74, 6) is -1.99. The van der Waals surface area contributed by atoms with Gasteiger partial charge in [-0.3, -0.25) is 9.59 Å². The van der Waals surface area contributed by atoms with E-state index in [2.05, 4.69) is 0 Å². The second-order valence-corrected chi connectivity index (χ2v) is 4.76. The van der Waals surface area contributed by atoms with Gasteiger partial charge in [0.25, 0.3) is 0 Å². The molecule has 0 aliphatic carbocycles. The second-order valence-electron chi connectivity index (χ2n) is 4.76. The minimum atomic E-state index is -2.24. The van der Waals surface area contributed by atoms with Crippen molar-refractivity contribution in [1.82, 2.24) is 0 Å². The van der Waals surface area contributed by atoms with Crippen molar-refractivity contribution in [2.45, 2.75) is 31.6 Å². The van der Waals surface area contributed by atoms with Gasteiger partial charge in [-0.15, -0.1) is 0 Å². The summed E-state index contributed by atoms with van der Waals surface area (Å²) in [6, 6.07) is 0. The third kappa shape index (κ3) is 3.26. The molecule has 2 unspecified atom stereocenters. The number of aliphatic carboxylic acids is 1. The lowest BCUT2D eigenvalue weighted by Gasteiger charge is -2.38. The van der Waals surface area contributed by atoms with Crippen molar-refractivity contribution in [3.05, 3.63) is 0 Å². The standard InChI is InChI=1S/C10H19NO5/c1-5-7(12)10(16,6-8(13)14)9(15)11(2,3)4/h9,15-16H,5-6H2,1-4H3/p+1. The van der Waals surface area contributed by atoms with E-state index in [1.165, 1.54) is 6.92 Å². The van der Waals surface area contributed by atoms with Crippen LogP contribution in [0.3, 0.4) is 0 Å². The van der Waals surface area contributed by atoms with Crippen molar-refractivity contribution >= 4 is 11.8 Å². The number of carbonyl (C=O) groups excluding carboxylic acids is 1. The van der Waals surface area contributed by atoms with Crippen LogP contribution in [0.25, 0.3) is 0 Å². The van der Waals surface area contributed by atoms with Gasteiger partial charge in [0.2, 0.25) is 11.8 Å². The number of rotatable bonds is 6. The van der Waals surface area contributed by atoms with Crippen LogP contribution in [0, 0.1) is 0 Å². The van der Waals surface area contributed by atoms with Crippen LogP contribution < -0.4 is 0 Å². The zero-order valence-corrected chi connectivity index (χ0v) is 10.1. The topological polar surface area (TPSA) is 94.8 Å². The molecule has 0 radical (unpaired) electrons. The Bertz CT molecular complexity index is 283. The molecule has 0 heterocycles. The molecule has 0 fully saturated rings. The molecule has 0 bridgehead atoms. The van der Waals surface area contributed by atoms with E-state index in [-0.39, 0.29) is 10.9 Å². The molecular formula is C10H20NO5+. The first-order valence-corrected chi connectivity index (χ1v) is 5.02. The zero-order valence-electron chi connectivity index (χ0n) is 10.1. The predicted molar refractivity (Wildman–Crippen MR) is 56.5 cm³/mol. The Balaban J connectivity index is 5.23. The van der Waals surface area contributed by atoms with Crippen LogP contribution in [0.5, 0.6) is 0 Å². The van der Waals surface area contributed by atoms with Crippen LogP contribution in [0.1, 0.15) is 19.8 Å². The van der Waals surface area contributed by atoms with Crippen LogP contribution in [0.4, 0.5) is 0 Å². The Hall–Kier alpha value is -0.980. The Kier molecular flexibility index (Phi) is 4.60. The van der Waals surface area contributed by atoms with Gasteiger partial charge in [-0.1, -0.05) is 6.92 Å². The maximum absolute atomic E-state index is 11.6. The molecule has 0 aromatic rings. The van der Waals surface area contributed by atoms with Crippen LogP contribution in [-0.2, 0) is 9.59 Å². The van der Waals surface area contributed by atoms with Crippen LogP contribution in [0.15, 0.2) is 0 Å². The summed E-state index contributed by atoms with van der Waals surface area (Å²) >= 11 is 0. The maximum atomic E-state index is 11.6. The highest BCUT2D eigenvalue weighted by atomic mass is 16.4. The van der Waals surface area contributed by atoms with Gasteiger partial charge in [0.15, 0.2) is 5.78 Å². The van der Waals surface area contributed by atoms with Crippen LogP contribution >= 0.6 is 0 Å². The molecule has 6 heteroatoms. The normalized spacial score (nSPS) is 17.6.